The van der Waals surface area contributed by atoms with Crippen molar-refractivity contribution in [3.63, 3.8) is 0 Å². The molecule has 3 N–H and O–H groups in total. The lowest BCUT2D eigenvalue weighted by Crippen LogP contribution is -2.93. The molecule has 0 saturated heterocycles. The molecule has 2 aromatic carbocycles. The molecule has 0 heterocycles. The summed E-state index contributed by atoms with van der Waals surface area (Å²) in [6, 6.07) is 20.1. The third-order valence-electron chi connectivity index (χ3n) is 3.85. The molecule has 22 heavy (non-hydrogen) atoms. The molecule has 116 valence electrons. The highest BCUT2D eigenvalue weighted by Gasteiger charge is 2.25. The number of benzene rings is 2. The number of rotatable bonds is 6. The quantitative estimate of drug-likeness (QED) is 0.846. The zero-order valence-electron chi connectivity index (χ0n) is 13.5. The lowest BCUT2D eigenvalue weighted by molar-refractivity contribution is -0.718. The summed E-state index contributed by atoms with van der Waals surface area (Å²) in [6.07, 6.45) is 0. The van der Waals surface area contributed by atoms with Crippen molar-refractivity contribution in [3.05, 3.63) is 66.2 Å². The van der Waals surface area contributed by atoms with Gasteiger partial charge in [0.05, 0.1) is 0 Å². The van der Waals surface area contributed by atoms with E-state index in [1.54, 1.807) is 0 Å². The van der Waals surface area contributed by atoms with Crippen molar-refractivity contribution in [2.45, 2.75) is 32.9 Å². The molecule has 1 amide bonds. The van der Waals surface area contributed by atoms with E-state index in [0.29, 0.717) is 5.92 Å². The zero-order chi connectivity index (χ0) is 15.9. The van der Waals surface area contributed by atoms with Crippen molar-refractivity contribution >= 4 is 11.6 Å². The largest absolute Gasteiger partial charge is 0.330 e. The van der Waals surface area contributed by atoms with Gasteiger partial charge in [-0.1, -0.05) is 62.4 Å². The second kappa shape index (κ2) is 7.76. The molecule has 0 fully saturated rings. The van der Waals surface area contributed by atoms with E-state index < -0.39 is 0 Å². The van der Waals surface area contributed by atoms with Crippen LogP contribution in [0.1, 0.15) is 32.4 Å². The minimum Gasteiger partial charge on any atom is -0.330 e. The Morgan fingerprint density at radius 1 is 0.909 bits per heavy atom. The lowest BCUT2D eigenvalue weighted by Gasteiger charge is -2.23. The second-order valence-corrected chi connectivity index (χ2v) is 6.02. The van der Waals surface area contributed by atoms with Gasteiger partial charge in [-0.15, -0.1) is 0 Å². The molecular formula is C19H25N2O+. The van der Waals surface area contributed by atoms with E-state index in [9.17, 15) is 4.79 Å². The third kappa shape index (κ3) is 4.43. The van der Waals surface area contributed by atoms with Crippen LogP contribution in [0.3, 0.4) is 0 Å². The Labute approximate surface area is 132 Å². The van der Waals surface area contributed by atoms with Gasteiger partial charge in [0, 0.05) is 17.2 Å². The summed E-state index contributed by atoms with van der Waals surface area (Å²) in [5.41, 5.74) is 2.10. The van der Waals surface area contributed by atoms with Crippen molar-refractivity contribution in [2.75, 3.05) is 5.32 Å². The van der Waals surface area contributed by atoms with Crippen LogP contribution >= 0.6 is 0 Å². The van der Waals surface area contributed by atoms with Crippen LogP contribution in [-0.2, 0) is 4.79 Å². The molecule has 0 aliphatic rings. The highest BCUT2D eigenvalue weighted by Crippen LogP contribution is 2.17. The Bertz CT molecular complexity index is 581. The van der Waals surface area contributed by atoms with Crippen LogP contribution in [-0.4, -0.2) is 11.9 Å². The number of hydrogen-bond acceptors (Lipinski definition) is 1. The molecule has 0 saturated carbocycles. The first-order chi connectivity index (χ1) is 10.6. The average Bonchev–Trinajstić information content (AvgIpc) is 2.53. The summed E-state index contributed by atoms with van der Waals surface area (Å²) in [7, 11) is 0. The van der Waals surface area contributed by atoms with Crippen molar-refractivity contribution in [1.82, 2.24) is 0 Å². The number of carbonyl (C=O) groups is 1. The van der Waals surface area contributed by atoms with Crippen LogP contribution in [0.4, 0.5) is 5.69 Å². The number of hydrogen-bond donors (Lipinski definition) is 2. The number of anilines is 1. The van der Waals surface area contributed by atoms with E-state index in [4.69, 9.17) is 0 Å². The van der Waals surface area contributed by atoms with Gasteiger partial charge in [-0.3, -0.25) is 4.79 Å². The van der Waals surface area contributed by atoms with Crippen LogP contribution < -0.4 is 10.6 Å². The number of nitrogens with two attached hydrogens (primary N) is 1. The van der Waals surface area contributed by atoms with Gasteiger partial charge in [0.25, 0.3) is 5.91 Å². The number of carbonyl (C=O) groups excluding carboxylic acids is 1. The Balaban J connectivity index is 2.02. The summed E-state index contributed by atoms with van der Waals surface area (Å²) < 4.78 is 0. The van der Waals surface area contributed by atoms with E-state index in [1.807, 2.05) is 55.5 Å². The van der Waals surface area contributed by atoms with Crippen molar-refractivity contribution < 1.29 is 10.1 Å². The maximum absolute atomic E-state index is 12.4. The van der Waals surface area contributed by atoms with Gasteiger partial charge in [-0.05, 0) is 19.1 Å². The number of amides is 1. The van der Waals surface area contributed by atoms with E-state index in [1.165, 1.54) is 5.56 Å². The standard InChI is InChI=1S/C19H24N2O/c1-14(2)18(16-10-6-4-7-11-16)20-15(3)19(22)21-17-12-8-5-9-13-17/h4-15,18,20H,1-3H3,(H,21,22)/p+1/t15-,18+/m0/s1. The first-order valence-corrected chi connectivity index (χ1v) is 7.83. The van der Waals surface area contributed by atoms with Gasteiger partial charge < -0.3 is 10.6 Å². The SMILES string of the molecule is CC(C)[C@@H]([NH2+][C@@H](C)C(=O)Nc1ccccc1)c1ccccc1. The van der Waals surface area contributed by atoms with Crippen LogP contribution in [0.25, 0.3) is 0 Å². The first-order valence-electron chi connectivity index (χ1n) is 7.83. The van der Waals surface area contributed by atoms with Gasteiger partial charge in [0.15, 0.2) is 6.04 Å². The minimum atomic E-state index is -0.146. The Morgan fingerprint density at radius 3 is 2.00 bits per heavy atom. The monoisotopic (exact) mass is 297 g/mol. The van der Waals surface area contributed by atoms with Gasteiger partial charge >= 0.3 is 0 Å². The predicted molar refractivity (Wildman–Crippen MR) is 90.5 cm³/mol. The molecule has 2 aromatic rings. The number of quaternary nitrogens is 1. The van der Waals surface area contributed by atoms with Crippen LogP contribution in [0.2, 0.25) is 0 Å². The third-order valence-corrected chi connectivity index (χ3v) is 3.85. The van der Waals surface area contributed by atoms with Gasteiger partial charge in [0.1, 0.15) is 6.04 Å². The molecule has 3 nitrogen and oxygen atoms in total. The summed E-state index contributed by atoms with van der Waals surface area (Å²) in [6.45, 7) is 6.34. The zero-order valence-corrected chi connectivity index (χ0v) is 13.5. The molecule has 2 atom stereocenters. The second-order valence-electron chi connectivity index (χ2n) is 6.02. The molecule has 0 aliphatic carbocycles. The fourth-order valence-corrected chi connectivity index (χ4v) is 2.57. The molecule has 2 rings (SSSR count). The summed E-state index contributed by atoms with van der Waals surface area (Å²) in [5.74, 6) is 0.488. The average molecular weight is 297 g/mol. The number of nitrogens with one attached hydrogen (secondary N) is 1. The van der Waals surface area contributed by atoms with E-state index in [0.717, 1.165) is 5.69 Å². The van der Waals surface area contributed by atoms with Crippen molar-refractivity contribution in [3.8, 4) is 0 Å². The fraction of sp³-hybridized carbons (Fsp3) is 0.316. The maximum atomic E-state index is 12.4. The highest BCUT2D eigenvalue weighted by molar-refractivity contribution is 5.93. The molecule has 0 radical (unpaired) electrons. The molecule has 0 aromatic heterocycles. The van der Waals surface area contributed by atoms with Gasteiger partial charge in [-0.2, -0.15) is 0 Å². The smallest absolute Gasteiger partial charge is 0.282 e. The highest BCUT2D eigenvalue weighted by atomic mass is 16.2. The molecule has 0 aliphatic heterocycles. The first kappa shape index (κ1) is 16.2. The van der Waals surface area contributed by atoms with Crippen LogP contribution in [0.15, 0.2) is 60.7 Å². The Morgan fingerprint density at radius 2 is 1.45 bits per heavy atom. The lowest BCUT2D eigenvalue weighted by atomic mass is 9.95. The molecule has 0 unspecified atom stereocenters. The fourth-order valence-electron chi connectivity index (χ4n) is 2.57. The van der Waals surface area contributed by atoms with Crippen molar-refractivity contribution in [1.29, 1.82) is 0 Å². The van der Waals surface area contributed by atoms with Crippen LogP contribution in [0, 0.1) is 5.92 Å². The predicted octanol–water partition coefficient (Wildman–Crippen LogP) is 2.97. The summed E-state index contributed by atoms with van der Waals surface area (Å²) >= 11 is 0. The van der Waals surface area contributed by atoms with E-state index in [2.05, 4.69) is 36.6 Å². The minimum absolute atomic E-state index is 0.0350. The van der Waals surface area contributed by atoms with Crippen LogP contribution in [0.5, 0.6) is 0 Å². The van der Waals surface area contributed by atoms with Crippen molar-refractivity contribution in [2.24, 2.45) is 5.92 Å². The normalized spacial score (nSPS) is 13.6. The Kier molecular flexibility index (Phi) is 5.73. The summed E-state index contributed by atoms with van der Waals surface area (Å²) in [4.78, 5) is 12.4. The van der Waals surface area contributed by atoms with Gasteiger partial charge in [0.2, 0.25) is 0 Å². The number of para-hydroxylation sites is 1. The molecular weight excluding hydrogens is 272 g/mol. The van der Waals surface area contributed by atoms with E-state index >= 15 is 0 Å². The topological polar surface area (TPSA) is 45.7 Å². The van der Waals surface area contributed by atoms with Gasteiger partial charge in [-0.25, -0.2) is 0 Å². The van der Waals surface area contributed by atoms with E-state index in [-0.39, 0.29) is 18.0 Å². The molecule has 0 bridgehead atoms. The molecule has 0 spiro atoms. The Hall–Kier alpha value is -2.13. The molecule has 3 heteroatoms. The summed E-state index contributed by atoms with van der Waals surface area (Å²) in [5, 5.41) is 5.12. The maximum Gasteiger partial charge on any atom is 0.282 e.